The van der Waals surface area contributed by atoms with E-state index in [0.717, 1.165) is 32.3 Å². The predicted molar refractivity (Wildman–Crippen MR) is 131 cm³/mol. The first-order valence-electron chi connectivity index (χ1n) is 10.2. The molecule has 0 unspecified atom stereocenters. The van der Waals surface area contributed by atoms with E-state index >= 15 is 0 Å². The van der Waals surface area contributed by atoms with Crippen molar-refractivity contribution < 1.29 is 4.79 Å². The molecule has 5 nitrogen and oxygen atoms in total. The number of carbonyl (C=O) groups excluding carboxylic acids is 1. The number of benzene rings is 3. The number of carbonyl (C=O) groups is 1. The van der Waals surface area contributed by atoms with Gasteiger partial charge in [-0.15, -0.1) is 0 Å². The van der Waals surface area contributed by atoms with Gasteiger partial charge in [0.2, 0.25) is 0 Å². The minimum Gasteiger partial charge on any atom is -0.307 e. The molecule has 0 radical (unpaired) electrons. The Morgan fingerprint density at radius 3 is 2.29 bits per heavy atom. The fourth-order valence-electron chi connectivity index (χ4n) is 3.36. The van der Waals surface area contributed by atoms with Crippen LogP contribution >= 0.6 is 15.9 Å². The van der Waals surface area contributed by atoms with Gasteiger partial charge in [-0.25, -0.2) is 9.48 Å². The van der Waals surface area contributed by atoms with Crippen molar-refractivity contribution in [2.75, 3.05) is 10.6 Å². The lowest BCUT2D eigenvalue weighted by molar-refractivity contribution is 0.262. The summed E-state index contributed by atoms with van der Waals surface area (Å²) in [5, 5.41) is 12.7. The van der Waals surface area contributed by atoms with Crippen LogP contribution in [-0.4, -0.2) is 15.8 Å². The van der Waals surface area contributed by atoms with Gasteiger partial charge in [-0.1, -0.05) is 78.7 Å². The molecule has 0 bridgehead atoms. The maximum absolute atomic E-state index is 12.9. The van der Waals surface area contributed by atoms with Crippen LogP contribution in [0.2, 0.25) is 0 Å². The van der Waals surface area contributed by atoms with Crippen LogP contribution in [0.4, 0.5) is 16.3 Å². The second-order valence-electron chi connectivity index (χ2n) is 8.63. The van der Waals surface area contributed by atoms with Crippen molar-refractivity contribution in [1.82, 2.24) is 9.78 Å². The number of anilines is 2. The van der Waals surface area contributed by atoms with Crippen LogP contribution in [0, 0.1) is 6.92 Å². The Morgan fingerprint density at radius 2 is 1.61 bits per heavy atom. The lowest BCUT2D eigenvalue weighted by Gasteiger charge is -2.14. The quantitative estimate of drug-likeness (QED) is 0.333. The van der Waals surface area contributed by atoms with E-state index in [1.54, 1.807) is 4.68 Å². The molecule has 0 saturated carbocycles. The number of hydrogen-bond acceptors (Lipinski definition) is 2. The average molecular weight is 477 g/mol. The SMILES string of the molecule is Cc1ccc(-n2nc(C(C)(C)C)cc2NC(=O)Nc2ccc(Br)c3ccccc23)cc1. The van der Waals surface area contributed by atoms with Crippen LogP contribution in [0.5, 0.6) is 0 Å². The maximum Gasteiger partial charge on any atom is 0.324 e. The first-order valence-corrected chi connectivity index (χ1v) is 10.9. The summed E-state index contributed by atoms with van der Waals surface area (Å²) in [7, 11) is 0. The highest BCUT2D eigenvalue weighted by atomic mass is 79.9. The van der Waals surface area contributed by atoms with Crippen molar-refractivity contribution in [3.8, 4) is 5.69 Å². The molecular formula is C25H25BrN4O. The summed E-state index contributed by atoms with van der Waals surface area (Å²) in [5.74, 6) is 0.618. The second kappa shape index (κ2) is 8.19. The molecule has 0 saturated heterocycles. The molecule has 0 aliphatic heterocycles. The summed E-state index contributed by atoms with van der Waals surface area (Å²) in [6.45, 7) is 8.36. The highest BCUT2D eigenvalue weighted by Crippen LogP contribution is 2.30. The van der Waals surface area contributed by atoms with Crippen LogP contribution in [0.3, 0.4) is 0 Å². The second-order valence-corrected chi connectivity index (χ2v) is 9.49. The number of amides is 2. The van der Waals surface area contributed by atoms with E-state index in [9.17, 15) is 4.79 Å². The zero-order chi connectivity index (χ0) is 22.2. The number of nitrogens with zero attached hydrogens (tertiary/aromatic N) is 2. The minimum absolute atomic E-state index is 0.148. The standard InChI is InChI=1S/C25H25BrN4O/c1-16-9-11-17(12-10-16)30-23(15-22(29-30)25(2,3)4)28-24(31)27-21-14-13-20(26)18-7-5-6-8-19(18)21/h5-15H,1-4H3,(H2,27,28,31). The van der Waals surface area contributed by atoms with E-state index in [0.29, 0.717) is 5.82 Å². The van der Waals surface area contributed by atoms with Gasteiger partial charge in [-0.2, -0.15) is 5.10 Å². The van der Waals surface area contributed by atoms with Crippen molar-refractivity contribution in [3.63, 3.8) is 0 Å². The van der Waals surface area contributed by atoms with E-state index in [1.165, 1.54) is 5.56 Å². The molecular weight excluding hydrogens is 452 g/mol. The Morgan fingerprint density at radius 1 is 0.935 bits per heavy atom. The van der Waals surface area contributed by atoms with E-state index in [2.05, 4.69) is 47.3 Å². The molecule has 31 heavy (non-hydrogen) atoms. The third-order valence-corrected chi connectivity index (χ3v) is 5.81. The van der Waals surface area contributed by atoms with Crippen molar-refractivity contribution in [2.24, 2.45) is 0 Å². The fourth-order valence-corrected chi connectivity index (χ4v) is 3.84. The Balaban J connectivity index is 1.66. The number of hydrogen-bond donors (Lipinski definition) is 2. The van der Waals surface area contributed by atoms with Crippen LogP contribution < -0.4 is 10.6 Å². The summed E-state index contributed by atoms with van der Waals surface area (Å²) in [5.41, 5.74) is 3.56. The largest absolute Gasteiger partial charge is 0.324 e. The number of nitrogens with one attached hydrogen (secondary N) is 2. The first-order chi connectivity index (χ1) is 14.7. The average Bonchev–Trinajstić information content (AvgIpc) is 3.15. The number of halogens is 1. The van der Waals surface area contributed by atoms with Gasteiger partial charge in [-0.3, -0.25) is 5.32 Å². The fraction of sp³-hybridized carbons (Fsp3) is 0.200. The predicted octanol–water partition coefficient (Wildman–Crippen LogP) is 7.04. The first kappa shape index (κ1) is 21.1. The summed E-state index contributed by atoms with van der Waals surface area (Å²) in [6, 6.07) is 21.5. The zero-order valence-electron chi connectivity index (χ0n) is 18.0. The molecule has 0 aliphatic carbocycles. The van der Waals surface area contributed by atoms with Gasteiger partial charge in [0, 0.05) is 21.3 Å². The third-order valence-electron chi connectivity index (χ3n) is 5.12. The monoisotopic (exact) mass is 476 g/mol. The molecule has 1 aromatic heterocycles. The smallest absolute Gasteiger partial charge is 0.307 e. The molecule has 2 N–H and O–H groups in total. The molecule has 3 aromatic carbocycles. The molecule has 158 valence electrons. The van der Waals surface area contributed by atoms with Crippen LogP contribution in [0.1, 0.15) is 32.0 Å². The Hall–Kier alpha value is -3.12. The van der Waals surface area contributed by atoms with Crippen LogP contribution in [0.15, 0.2) is 71.2 Å². The lowest BCUT2D eigenvalue weighted by Crippen LogP contribution is -2.21. The third kappa shape index (κ3) is 4.49. The van der Waals surface area contributed by atoms with Gasteiger partial charge < -0.3 is 5.32 Å². The Kier molecular flexibility index (Phi) is 5.58. The summed E-state index contributed by atoms with van der Waals surface area (Å²) in [4.78, 5) is 12.9. The summed E-state index contributed by atoms with van der Waals surface area (Å²) < 4.78 is 2.76. The van der Waals surface area contributed by atoms with E-state index in [1.807, 2.05) is 73.7 Å². The van der Waals surface area contributed by atoms with Gasteiger partial charge in [0.15, 0.2) is 0 Å². The van der Waals surface area contributed by atoms with E-state index in [-0.39, 0.29) is 11.4 Å². The number of aromatic nitrogens is 2. The molecule has 0 aliphatic rings. The van der Waals surface area contributed by atoms with Gasteiger partial charge in [0.1, 0.15) is 5.82 Å². The molecule has 0 atom stereocenters. The summed E-state index contributed by atoms with van der Waals surface area (Å²) >= 11 is 3.57. The molecule has 4 rings (SSSR count). The molecule has 2 amide bonds. The van der Waals surface area contributed by atoms with Gasteiger partial charge in [0.05, 0.1) is 17.1 Å². The van der Waals surface area contributed by atoms with Crippen molar-refractivity contribution in [2.45, 2.75) is 33.1 Å². The van der Waals surface area contributed by atoms with Gasteiger partial charge in [0.25, 0.3) is 0 Å². The van der Waals surface area contributed by atoms with E-state index < -0.39 is 0 Å². The Labute approximate surface area is 190 Å². The molecule has 0 fully saturated rings. The van der Waals surface area contributed by atoms with Gasteiger partial charge in [-0.05, 0) is 36.6 Å². The minimum atomic E-state index is -0.318. The highest BCUT2D eigenvalue weighted by Gasteiger charge is 2.21. The lowest BCUT2D eigenvalue weighted by atomic mass is 9.92. The number of fused-ring (bicyclic) bond motifs is 1. The Bertz CT molecular complexity index is 1250. The number of urea groups is 1. The summed E-state index contributed by atoms with van der Waals surface area (Å²) in [6.07, 6.45) is 0. The number of rotatable bonds is 3. The van der Waals surface area contributed by atoms with Crippen LogP contribution in [0.25, 0.3) is 16.5 Å². The number of aryl methyl sites for hydroxylation is 1. The van der Waals surface area contributed by atoms with Crippen molar-refractivity contribution in [1.29, 1.82) is 0 Å². The molecule has 4 aromatic rings. The molecule has 1 heterocycles. The van der Waals surface area contributed by atoms with Crippen molar-refractivity contribution >= 4 is 44.2 Å². The van der Waals surface area contributed by atoms with E-state index in [4.69, 9.17) is 5.10 Å². The van der Waals surface area contributed by atoms with Crippen molar-refractivity contribution in [3.05, 3.63) is 82.5 Å². The normalized spacial score (nSPS) is 11.5. The topological polar surface area (TPSA) is 59.0 Å². The van der Waals surface area contributed by atoms with Crippen LogP contribution in [-0.2, 0) is 5.41 Å². The highest BCUT2D eigenvalue weighted by molar-refractivity contribution is 9.10. The molecule has 0 spiro atoms. The van der Waals surface area contributed by atoms with Gasteiger partial charge >= 0.3 is 6.03 Å². The molecule has 6 heteroatoms. The zero-order valence-corrected chi connectivity index (χ0v) is 19.6. The maximum atomic E-state index is 12.9.